The largest absolute Gasteiger partial charge is 0.281 e. The molecule has 1 rings (SSSR count). The number of aromatic nitrogens is 1. The van der Waals surface area contributed by atoms with Crippen molar-refractivity contribution in [1.29, 1.82) is 5.26 Å². The van der Waals surface area contributed by atoms with Gasteiger partial charge < -0.3 is 0 Å². The van der Waals surface area contributed by atoms with Gasteiger partial charge in [-0.15, -0.1) is 0 Å². The molecule has 0 amide bonds. The fraction of sp³-hybridized carbons (Fsp3) is 0.143. The molecule has 0 aliphatic carbocycles. The third-order valence-corrected chi connectivity index (χ3v) is 4.01. The predicted molar refractivity (Wildman–Crippen MR) is 54.6 cm³/mol. The van der Waals surface area contributed by atoms with Crippen LogP contribution in [0.2, 0.25) is 0 Å². The molecule has 0 unspecified atom stereocenters. The Hall–Kier alpha value is -0.780. The van der Waals surface area contributed by atoms with Gasteiger partial charge in [-0.1, -0.05) is 0 Å². The van der Waals surface area contributed by atoms with E-state index in [-0.39, 0.29) is 4.47 Å². The summed E-state index contributed by atoms with van der Waals surface area (Å²) < 4.78 is 46.5. The van der Waals surface area contributed by atoms with Crippen LogP contribution < -0.4 is 0 Å². The molecule has 86 valence electrons. The molecule has 0 atom stereocenters. The van der Waals surface area contributed by atoms with Crippen LogP contribution in [-0.4, -0.2) is 13.4 Å². The monoisotopic (exact) mass is 330 g/mol. The Kier molecular flexibility index (Phi) is 3.83. The van der Waals surface area contributed by atoms with Crippen LogP contribution in [0.5, 0.6) is 0 Å². The number of nitriles is 1. The van der Waals surface area contributed by atoms with Crippen LogP contribution in [0.3, 0.4) is 0 Å². The minimum atomic E-state index is -4.14. The topological polar surface area (TPSA) is 70.8 Å². The van der Waals surface area contributed by atoms with Crippen molar-refractivity contribution in [2.45, 2.75) is 11.3 Å². The highest BCUT2D eigenvalue weighted by Gasteiger charge is 2.24. The third kappa shape index (κ3) is 2.48. The molecule has 16 heavy (non-hydrogen) atoms. The van der Waals surface area contributed by atoms with Crippen molar-refractivity contribution in [2.24, 2.45) is 0 Å². The van der Waals surface area contributed by atoms with Crippen LogP contribution >= 0.6 is 26.6 Å². The lowest BCUT2D eigenvalue weighted by atomic mass is 10.2. The maximum atomic E-state index is 12.4. The molecule has 1 aromatic rings. The summed E-state index contributed by atoms with van der Waals surface area (Å²) in [4.78, 5) is 2.69. The van der Waals surface area contributed by atoms with Gasteiger partial charge in [-0.2, -0.15) is 5.26 Å². The molecule has 9 heteroatoms. The van der Waals surface area contributed by atoms with E-state index in [4.69, 9.17) is 15.9 Å². The second-order valence-corrected chi connectivity index (χ2v) is 5.87. The molecular formula is C7H2BrClF2N2O2S. The molecule has 0 aliphatic rings. The van der Waals surface area contributed by atoms with E-state index in [0.717, 1.165) is 0 Å². The van der Waals surface area contributed by atoms with Gasteiger partial charge in [0.15, 0.2) is 0 Å². The SMILES string of the molecule is N#Cc1c(C(F)F)ncc(S(=O)(=O)Cl)c1Br. The zero-order chi connectivity index (χ0) is 12.5. The smallest absolute Gasteiger partial charge is 0.252 e. The summed E-state index contributed by atoms with van der Waals surface area (Å²) >= 11 is 2.74. The van der Waals surface area contributed by atoms with Crippen molar-refractivity contribution in [3.8, 4) is 6.07 Å². The molecule has 0 bridgehead atoms. The summed E-state index contributed by atoms with van der Waals surface area (Å²) in [5.74, 6) is 0. The Morgan fingerprint density at radius 3 is 2.50 bits per heavy atom. The highest BCUT2D eigenvalue weighted by Crippen LogP contribution is 2.32. The maximum absolute atomic E-state index is 12.4. The van der Waals surface area contributed by atoms with Crippen LogP contribution in [0, 0.1) is 11.3 Å². The van der Waals surface area contributed by atoms with E-state index in [0.29, 0.717) is 6.20 Å². The highest BCUT2D eigenvalue weighted by molar-refractivity contribution is 9.10. The van der Waals surface area contributed by atoms with Gasteiger partial charge in [0.2, 0.25) is 0 Å². The van der Waals surface area contributed by atoms with Crippen molar-refractivity contribution >= 4 is 35.7 Å². The highest BCUT2D eigenvalue weighted by atomic mass is 79.9. The van der Waals surface area contributed by atoms with Crippen LogP contribution in [-0.2, 0) is 9.05 Å². The minimum absolute atomic E-state index is 0.310. The second-order valence-electron chi connectivity index (χ2n) is 2.55. The molecule has 0 aromatic carbocycles. The second kappa shape index (κ2) is 4.61. The third-order valence-electron chi connectivity index (χ3n) is 1.59. The normalized spacial score (nSPS) is 11.5. The molecule has 0 aliphatic heterocycles. The molecular weight excluding hydrogens is 330 g/mol. The van der Waals surface area contributed by atoms with Crippen LogP contribution in [0.15, 0.2) is 15.6 Å². The number of alkyl halides is 2. The van der Waals surface area contributed by atoms with E-state index < -0.39 is 31.6 Å². The van der Waals surface area contributed by atoms with Crippen LogP contribution in [0.4, 0.5) is 8.78 Å². The Balaban J connectivity index is 3.61. The maximum Gasteiger partial charge on any atom is 0.281 e. The molecule has 0 saturated carbocycles. The predicted octanol–water partition coefficient (Wildman–Crippen LogP) is 2.58. The Morgan fingerprint density at radius 1 is 1.56 bits per heavy atom. The number of rotatable bonds is 2. The van der Waals surface area contributed by atoms with Crippen molar-refractivity contribution in [1.82, 2.24) is 4.98 Å². The fourth-order valence-electron chi connectivity index (χ4n) is 0.927. The first-order valence-electron chi connectivity index (χ1n) is 3.60. The quantitative estimate of drug-likeness (QED) is 0.781. The summed E-state index contributed by atoms with van der Waals surface area (Å²) in [6.07, 6.45) is -2.30. The van der Waals surface area contributed by atoms with Crippen molar-refractivity contribution in [2.75, 3.05) is 0 Å². The fourth-order valence-corrected chi connectivity index (χ4v) is 3.09. The molecule has 4 nitrogen and oxygen atoms in total. The van der Waals surface area contributed by atoms with E-state index in [1.165, 1.54) is 6.07 Å². The minimum Gasteiger partial charge on any atom is -0.252 e. The first-order valence-corrected chi connectivity index (χ1v) is 6.70. The molecule has 0 N–H and O–H groups in total. The van der Waals surface area contributed by atoms with E-state index in [2.05, 4.69) is 20.9 Å². The summed E-state index contributed by atoms with van der Waals surface area (Å²) in [5, 5.41) is 8.65. The van der Waals surface area contributed by atoms with Crippen molar-refractivity contribution < 1.29 is 17.2 Å². The van der Waals surface area contributed by atoms with E-state index in [1.807, 2.05) is 0 Å². The Bertz CT molecular complexity index is 570. The molecule has 0 spiro atoms. The zero-order valence-corrected chi connectivity index (χ0v) is 10.4. The van der Waals surface area contributed by atoms with Gasteiger partial charge in [-0.25, -0.2) is 17.2 Å². The lowest BCUT2D eigenvalue weighted by molar-refractivity contribution is 0.145. The number of hydrogen-bond acceptors (Lipinski definition) is 4. The van der Waals surface area contributed by atoms with Crippen LogP contribution in [0.25, 0.3) is 0 Å². The number of nitrogens with zero attached hydrogens (tertiary/aromatic N) is 2. The Morgan fingerprint density at radius 2 is 2.12 bits per heavy atom. The molecule has 1 heterocycles. The number of hydrogen-bond donors (Lipinski definition) is 0. The van der Waals surface area contributed by atoms with E-state index in [9.17, 15) is 17.2 Å². The lowest BCUT2D eigenvalue weighted by Crippen LogP contribution is -2.02. The van der Waals surface area contributed by atoms with Gasteiger partial charge in [0.05, 0.1) is 10.0 Å². The summed E-state index contributed by atoms with van der Waals surface area (Å²) in [6, 6.07) is 1.45. The average Bonchev–Trinajstić information content (AvgIpc) is 2.14. The van der Waals surface area contributed by atoms with Gasteiger partial charge in [-0.05, 0) is 15.9 Å². The first kappa shape index (κ1) is 13.3. The average molecular weight is 332 g/mol. The zero-order valence-electron chi connectivity index (χ0n) is 7.29. The van der Waals surface area contributed by atoms with E-state index in [1.54, 1.807) is 0 Å². The first-order chi connectivity index (χ1) is 7.29. The van der Waals surface area contributed by atoms with E-state index >= 15 is 0 Å². The number of halogens is 4. The summed E-state index contributed by atoms with van der Waals surface area (Å²) in [6.45, 7) is 0. The van der Waals surface area contributed by atoms with Gasteiger partial charge in [0.25, 0.3) is 15.5 Å². The van der Waals surface area contributed by atoms with Crippen LogP contribution in [0.1, 0.15) is 17.7 Å². The standard InChI is InChI=1S/C7H2BrClF2N2O2S/c8-5-3(1-12)6(7(10)11)13-2-4(5)16(9,14)15/h2,7H. The molecule has 0 radical (unpaired) electrons. The lowest BCUT2D eigenvalue weighted by Gasteiger charge is -2.06. The summed E-state index contributed by atoms with van der Waals surface area (Å²) in [5.41, 5.74) is -1.34. The van der Waals surface area contributed by atoms with Gasteiger partial charge in [0, 0.05) is 16.9 Å². The molecule has 1 aromatic heterocycles. The van der Waals surface area contributed by atoms with Gasteiger partial charge in [-0.3, -0.25) is 4.98 Å². The number of pyridine rings is 1. The van der Waals surface area contributed by atoms with Gasteiger partial charge >= 0.3 is 0 Å². The molecule has 0 saturated heterocycles. The van der Waals surface area contributed by atoms with Crippen molar-refractivity contribution in [3.63, 3.8) is 0 Å². The van der Waals surface area contributed by atoms with Crippen molar-refractivity contribution in [3.05, 3.63) is 21.9 Å². The molecule has 0 fully saturated rings. The van der Waals surface area contributed by atoms with Gasteiger partial charge in [0.1, 0.15) is 16.7 Å². The summed E-state index contributed by atoms with van der Waals surface area (Å²) in [7, 11) is 0.888. The Labute approximate surface area is 102 Å².